The lowest BCUT2D eigenvalue weighted by Gasteiger charge is -2.27. The highest BCUT2D eigenvalue weighted by Gasteiger charge is 2.24. The number of carbonyl (C=O) groups is 2. The van der Waals surface area contributed by atoms with Crippen molar-refractivity contribution < 1.29 is 28.5 Å². The Morgan fingerprint density at radius 3 is 2.35 bits per heavy atom. The van der Waals surface area contributed by atoms with E-state index in [1.54, 1.807) is 18.9 Å². The van der Waals surface area contributed by atoms with Gasteiger partial charge in [-0.15, -0.1) is 0 Å². The Labute approximate surface area is 278 Å². The zero-order valence-corrected chi connectivity index (χ0v) is 28.5. The first-order chi connectivity index (χ1) is 22.4. The predicted octanol–water partition coefficient (Wildman–Crippen LogP) is 7.77. The van der Waals surface area contributed by atoms with E-state index in [2.05, 4.69) is 5.32 Å². The number of amides is 1. The number of ether oxygens (including phenoxy) is 4. The van der Waals surface area contributed by atoms with Crippen molar-refractivity contribution in [1.82, 2.24) is 5.32 Å². The van der Waals surface area contributed by atoms with Crippen LogP contribution in [0.3, 0.4) is 0 Å². The average Bonchev–Trinajstić information content (AvgIpc) is 3.09. The number of hydrogen-bond acceptors (Lipinski definition) is 7. The second-order valence-corrected chi connectivity index (χ2v) is 13.0. The normalized spacial score (nSPS) is 14.8. The fourth-order valence-electron chi connectivity index (χ4n) is 6.06. The third-order valence-electron chi connectivity index (χ3n) is 8.70. The number of thioether (sulfide) groups is 1. The highest BCUT2D eigenvalue weighted by Crippen LogP contribution is 2.30. The summed E-state index contributed by atoms with van der Waals surface area (Å²) in [6.07, 6.45) is 9.84. The third kappa shape index (κ3) is 10.6. The maximum absolute atomic E-state index is 13.6. The minimum Gasteiger partial charge on any atom is -0.497 e. The van der Waals surface area contributed by atoms with Gasteiger partial charge in [-0.05, 0) is 89.8 Å². The van der Waals surface area contributed by atoms with Crippen molar-refractivity contribution >= 4 is 23.6 Å². The first kappa shape index (κ1) is 35.5. The Balaban J connectivity index is 1.48. The van der Waals surface area contributed by atoms with Crippen LogP contribution in [0.2, 0.25) is 0 Å². The highest BCUT2D eigenvalue weighted by molar-refractivity contribution is 7.98. The third-order valence-corrected chi connectivity index (χ3v) is 9.35. The van der Waals surface area contributed by atoms with E-state index in [0.29, 0.717) is 37.7 Å². The van der Waals surface area contributed by atoms with E-state index in [1.165, 1.54) is 39.2 Å². The number of esters is 1. The number of aryl methyl sites for hydroxylation is 1. The molecule has 1 saturated carbocycles. The fourth-order valence-corrected chi connectivity index (χ4v) is 6.53. The van der Waals surface area contributed by atoms with Crippen molar-refractivity contribution in [3.63, 3.8) is 0 Å². The summed E-state index contributed by atoms with van der Waals surface area (Å²) in [5.41, 5.74) is 5.41. The van der Waals surface area contributed by atoms with Crippen LogP contribution >= 0.6 is 11.8 Å². The SMILES string of the molecule is COC(=O)C(CCSC)NC(=O)c1ccc(COCC(CC2CCCCC2)OCc2ccc(OC)cc2)cc1-c1ccccc1C. The van der Waals surface area contributed by atoms with Gasteiger partial charge in [-0.25, -0.2) is 4.79 Å². The Morgan fingerprint density at radius 1 is 0.913 bits per heavy atom. The van der Waals surface area contributed by atoms with Crippen LogP contribution in [0.25, 0.3) is 11.1 Å². The molecule has 0 radical (unpaired) electrons. The topological polar surface area (TPSA) is 83.1 Å². The molecule has 1 amide bonds. The van der Waals surface area contributed by atoms with E-state index in [-0.39, 0.29) is 12.0 Å². The van der Waals surface area contributed by atoms with Crippen LogP contribution in [0.4, 0.5) is 0 Å². The van der Waals surface area contributed by atoms with Crippen LogP contribution in [0.5, 0.6) is 5.75 Å². The van der Waals surface area contributed by atoms with Crippen LogP contribution in [0, 0.1) is 12.8 Å². The summed E-state index contributed by atoms with van der Waals surface area (Å²) in [6.45, 7) is 3.44. The molecule has 1 fully saturated rings. The Morgan fingerprint density at radius 2 is 1.65 bits per heavy atom. The van der Waals surface area contributed by atoms with Gasteiger partial charge in [0.2, 0.25) is 0 Å². The maximum Gasteiger partial charge on any atom is 0.328 e. The van der Waals surface area contributed by atoms with Gasteiger partial charge < -0.3 is 24.3 Å². The lowest BCUT2D eigenvalue weighted by molar-refractivity contribution is -0.142. The van der Waals surface area contributed by atoms with Crippen LogP contribution in [-0.4, -0.2) is 56.9 Å². The van der Waals surface area contributed by atoms with Gasteiger partial charge in [-0.3, -0.25) is 4.79 Å². The van der Waals surface area contributed by atoms with Crippen LogP contribution in [0.1, 0.15) is 72.0 Å². The minimum atomic E-state index is -0.711. The summed E-state index contributed by atoms with van der Waals surface area (Å²) in [5.74, 6) is 1.47. The molecule has 0 heterocycles. The van der Waals surface area contributed by atoms with Crippen molar-refractivity contribution in [3.8, 4) is 16.9 Å². The van der Waals surface area contributed by atoms with Crippen LogP contribution in [-0.2, 0) is 32.2 Å². The number of hydrogen-bond donors (Lipinski definition) is 1. The first-order valence-electron chi connectivity index (χ1n) is 16.3. The molecule has 8 heteroatoms. The van der Waals surface area contributed by atoms with Crippen LogP contribution < -0.4 is 10.1 Å². The molecule has 1 aliphatic carbocycles. The molecule has 3 aromatic rings. The smallest absolute Gasteiger partial charge is 0.328 e. The molecule has 0 saturated heterocycles. The second kappa shape index (κ2) is 18.7. The van der Waals surface area contributed by atoms with Gasteiger partial charge in [0.1, 0.15) is 11.8 Å². The second-order valence-electron chi connectivity index (χ2n) is 12.1. The van der Waals surface area contributed by atoms with Crippen molar-refractivity contribution in [2.45, 2.75) is 77.2 Å². The molecule has 0 bridgehead atoms. The van der Waals surface area contributed by atoms with Gasteiger partial charge in [0.15, 0.2) is 0 Å². The number of benzene rings is 3. The fraction of sp³-hybridized carbons (Fsp3) is 0.474. The van der Waals surface area contributed by atoms with Crippen molar-refractivity contribution in [3.05, 3.63) is 89.0 Å². The number of carbonyl (C=O) groups excluding carboxylic acids is 2. The van der Waals surface area contributed by atoms with Crippen LogP contribution in [0.15, 0.2) is 66.7 Å². The zero-order chi connectivity index (χ0) is 32.7. The molecule has 7 nitrogen and oxygen atoms in total. The highest BCUT2D eigenvalue weighted by atomic mass is 32.2. The van der Waals surface area contributed by atoms with Crippen molar-refractivity contribution in [1.29, 1.82) is 0 Å². The lowest BCUT2D eigenvalue weighted by atomic mass is 9.85. The molecule has 46 heavy (non-hydrogen) atoms. The molecule has 1 aliphatic rings. The number of nitrogens with one attached hydrogen (secondary N) is 1. The zero-order valence-electron chi connectivity index (χ0n) is 27.7. The van der Waals surface area contributed by atoms with Gasteiger partial charge in [0.05, 0.1) is 40.1 Å². The monoisotopic (exact) mass is 647 g/mol. The Hall–Kier alpha value is -3.33. The van der Waals surface area contributed by atoms with E-state index in [1.807, 2.05) is 79.9 Å². The van der Waals surface area contributed by atoms with E-state index in [9.17, 15) is 9.59 Å². The van der Waals surface area contributed by atoms with E-state index < -0.39 is 12.0 Å². The summed E-state index contributed by atoms with van der Waals surface area (Å²) in [7, 11) is 3.02. The average molecular weight is 648 g/mol. The molecule has 1 N–H and O–H groups in total. The maximum atomic E-state index is 13.6. The van der Waals surface area contributed by atoms with Gasteiger partial charge in [-0.1, -0.05) is 74.6 Å². The summed E-state index contributed by atoms with van der Waals surface area (Å²) >= 11 is 1.62. The van der Waals surface area contributed by atoms with E-state index in [0.717, 1.165) is 45.7 Å². The molecule has 0 spiro atoms. The summed E-state index contributed by atoms with van der Waals surface area (Å²) in [6, 6.07) is 21.1. The summed E-state index contributed by atoms with van der Waals surface area (Å²) in [4.78, 5) is 26.0. The molecule has 0 aromatic heterocycles. The summed E-state index contributed by atoms with van der Waals surface area (Å²) in [5, 5.41) is 2.92. The van der Waals surface area contributed by atoms with Gasteiger partial charge in [0.25, 0.3) is 5.91 Å². The van der Waals surface area contributed by atoms with E-state index in [4.69, 9.17) is 18.9 Å². The molecular formula is C38H49NO6S. The molecule has 2 atom stereocenters. The standard InChI is InChI=1S/C38H49NO6S/c1-27-10-8-9-13-33(27)35-23-30(16-19-34(35)37(40)39-36(20-21-46-4)38(41)43-3)24-44-26-32(22-28-11-6-5-7-12-28)45-25-29-14-17-31(42-2)18-15-29/h8-10,13-19,23,28,32,36H,5-7,11-12,20-22,24-26H2,1-4H3,(H,39,40). The quantitative estimate of drug-likeness (QED) is 0.150. The van der Waals surface area contributed by atoms with Crippen molar-refractivity contribution in [2.24, 2.45) is 5.92 Å². The van der Waals surface area contributed by atoms with Gasteiger partial charge in [-0.2, -0.15) is 11.8 Å². The molecule has 2 unspecified atom stereocenters. The minimum absolute atomic E-state index is 0.0115. The lowest BCUT2D eigenvalue weighted by Crippen LogP contribution is -2.42. The molecule has 4 rings (SSSR count). The molecular weight excluding hydrogens is 598 g/mol. The van der Waals surface area contributed by atoms with Gasteiger partial charge in [0, 0.05) is 5.56 Å². The van der Waals surface area contributed by atoms with E-state index >= 15 is 0 Å². The Kier molecular flexibility index (Phi) is 14.5. The van der Waals surface area contributed by atoms with Crippen molar-refractivity contribution in [2.75, 3.05) is 32.8 Å². The first-order valence-corrected chi connectivity index (χ1v) is 17.7. The number of rotatable bonds is 17. The largest absolute Gasteiger partial charge is 0.497 e. The predicted molar refractivity (Wildman–Crippen MR) is 185 cm³/mol. The molecule has 248 valence electrons. The molecule has 0 aliphatic heterocycles. The summed E-state index contributed by atoms with van der Waals surface area (Å²) < 4.78 is 23.0. The van der Waals surface area contributed by atoms with Gasteiger partial charge >= 0.3 is 5.97 Å². The Bertz CT molecular complexity index is 1390. The molecule has 3 aromatic carbocycles. The number of methoxy groups -OCH3 is 2.